The molecule has 0 saturated carbocycles. The Morgan fingerprint density at radius 2 is 1.82 bits per heavy atom. The van der Waals surface area contributed by atoms with Crippen LogP contribution in [0.2, 0.25) is 10.0 Å². The van der Waals surface area contributed by atoms with Gasteiger partial charge in [0.2, 0.25) is 0 Å². The van der Waals surface area contributed by atoms with E-state index in [0.29, 0.717) is 30.2 Å². The zero-order valence-corrected chi connectivity index (χ0v) is 10.4. The molecule has 1 aromatic rings. The summed E-state index contributed by atoms with van der Waals surface area (Å²) in [5, 5.41) is 0.596. The van der Waals surface area contributed by atoms with Crippen LogP contribution in [0.4, 0.5) is 5.69 Å². The summed E-state index contributed by atoms with van der Waals surface area (Å²) in [4.78, 5) is 24.9. The molecule has 90 valence electrons. The molecule has 1 heterocycles. The van der Waals surface area contributed by atoms with E-state index in [1.807, 2.05) is 0 Å². The first-order chi connectivity index (χ1) is 8.07. The number of benzene rings is 1. The van der Waals surface area contributed by atoms with Crippen LogP contribution in [0.25, 0.3) is 0 Å². The van der Waals surface area contributed by atoms with E-state index >= 15 is 0 Å². The SMILES string of the molecule is NCCCN1C(=O)C(=O)c2c(Cl)ccc(Cl)c21. The maximum Gasteiger partial charge on any atom is 0.299 e. The Morgan fingerprint density at radius 1 is 1.18 bits per heavy atom. The Kier molecular flexibility index (Phi) is 3.38. The highest BCUT2D eigenvalue weighted by Gasteiger charge is 2.38. The van der Waals surface area contributed by atoms with Gasteiger partial charge in [0.15, 0.2) is 0 Å². The van der Waals surface area contributed by atoms with Crippen LogP contribution in [-0.4, -0.2) is 24.8 Å². The van der Waals surface area contributed by atoms with Gasteiger partial charge in [-0.2, -0.15) is 0 Å². The molecule has 4 nitrogen and oxygen atoms in total. The molecule has 2 N–H and O–H groups in total. The van der Waals surface area contributed by atoms with Crippen LogP contribution in [0, 0.1) is 0 Å². The number of carbonyl (C=O) groups excluding carboxylic acids is 2. The second kappa shape index (κ2) is 4.64. The molecule has 1 aromatic carbocycles. The van der Waals surface area contributed by atoms with Gasteiger partial charge in [0.25, 0.3) is 11.7 Å². The van der Waals surface area contributed by atoms with E-state index in [1.54, 1.807) is 6.07 Å². The lowest BCUT2D eigenvalue weighted by atomic mass is 10.1. The molecule has 0 atom stereocenters. The van der Waals surface area contributed by atoms with Gasteiger partial charge in [-0.3, -0.25) is 9.59 Å². The normalized spacial score (nSPS) is 14.4. The van der Waals surface area contributed by atoms with Gasteiger partial charge in [-0.15, -0.1) is 0 Å². The summed E-state index contributed by atoms with van der Waals surface area (Å²) in [6, 6.07) is 3.09. The molecule has 6 heteroatoms. The highest BCUT2D eigenvalue weighted by molar-refractivity contribution is 6.56. The number of fused-ring (bicyclic) bond motifs is 1. The van der Waals surface area contributed by atoms with Gasteiger partial charge < -0.3 is 10.6 Å². The second-order valence-corrected chi connectivity index (χ2v) is 4.50. The van der Waals surface area contributed by atoms with Crippen molar-refractivity contribution in [2.24, 2.45) is 5.73 Å². The van der Waals surface area contributed by atoms with Crippen molar-refractivity contribution in [3.05, 3.63) is 27.7 Å². The molecule has 0 radical (unpaired) electrons. The number of rotatable bonds is 3. The Hall–Kier alpha value is -1.10. The molecule has 17 heavy (non-hydrogen) atoms. The number of hydrogen-bond acceptors (Lipinski definition) is 3. The zero-order valence-electron chi connectivity index (χ0n) is 8.87. The number of nitrogens with two attached hydrogens (primary N) is 1. The molecule has 1 amide bonds. The van der Waals surface area contributed by atoms with Crippen LogP contribution < -0.4 is 10.6 Å². The fourth-order valence-corrected chi connectivity index (χ4v) is 2.31. The standard InChI is InChI=1S/C11H10Cl2N2O2/c12-6-2-3-7(13)9-8(6)10(16)11(17)15(9)5-1-4-14/h2-3H,1,4-5,14H2. The molecule has 0 saturated heterocycles. The van der Waals surface area contributed by atoms with E-state index in [4.69, 9.17) is 28.9 Å². The third kappa shape index (κ3) is 1.92. The summed E-state index contributed by atoms with van der Waals surface area (Å²) in [5.41, 5.74) is 5.99. The molecule has 1 aliphatic rings. The maximum atomic E-state index is 11.8. The van der Waals surface area contributed by atoms with Gasteiger partial charge in [-0.05, 0) is 25.1 Å². The van der Waals surface area contributed by atoms with E-state index in [9.17, 15) is 9.59 Å². The summed E-state index contributed by atoms with van der Waals surface area (Å²) < 4.78 is 0. The van der Waals surface area contributed by atoms with Crippen molar-refractivity contribution in [2.75, 3.05) is 18.0 Å². The number of halogens is 2. The molecular weight excluding hydrogens is 263 g/mol. The van der Waals surface area contributed by atoms with Gasteiger partial charge in [0, 0.05) is 6.54 Å². The number of carbonyl (C=O) groups is 2. The molecular formula is C11H10Cl2N2O2. The minimum absolute atomic E-state index is 0.196. The first kappa shape index (κ1) is 12.4. The van der Waals surface area contributed by atoms with Crippen molar-refractivity contribution in [1.82, 2.24) is 0 Å². The summed E-state index contributed by atoms with van der Waals surface area (Å²) >= 11 is 11.9. The zero-order chi connectivity index (χ0) is 12.6. The molecule has 0 unspecified atom stereocenters. The molecule has 2 rings (SSSR count). The predicted molar refractivity (Wildman–Crippen MR) is 66.8 cm³/mol. The molecule has 0 aromatic heterocycles. The van der Waals surface area contributed by atoms with Crippen molar-refractivity contribution in [1.29, 1.82) is 0 Å². The molecule has 0 fully saturated rings. The highest BCUT2D eigenvalue weighted by Crippen LogP contribution is 2.39. The highest BCUT2D eigenvalue weighted by atomic mass is 35.5. The third-order valence-corrected chi connectivity index (χ3v) is 3.22. The van der Waals surface area contributed by atoms with E-state index < -0.39 is 11.7 Å². The smallest absolute Gasteiger partial charge is 0.299 e. The molecule has 0 spiro atoms. The Balaban J connectivity index is 2.52. The average molecular weight is 273 g/mol. The lowest BCUT2D eigenvalue weighted by molar-refractivity contribution is -0.114. The van der Waals surface area contributed by atoms with E-state index in [2.05, 4.69) is 0 Å². The first-order valence-electron chi connectivity index (χ1n) is 5.12. The molecule has 0 aliphatic carbocycles. The summed E-state index contributed by atoms with van der Waals surface area (Å²) in [6.45, 7) is 0.805. The fraction of sp³-hybridized carbons (Fsp3) is 0.273. The quantitative estimate of drug-likeness (QED) is 0.855. The van der Waals surface area contributed by atoms with Crippen molar-refractivity contribution in [3.8, 4) is 0 Å². The number of ketones is 1. The Labute approximate surface area is 108 Å². The van der Waals surface area contributed by atoms with E-state index in [1.165, 1.54) is 11.0 Å². The summed E-state index contributed by atoms with van der Waals surface area (Å²) in [6.07, 6.45) is 0.599. The number of hydrogen-bond donors (Lipinski definition) is 1. The van der Waals surface area contributed by atoms with Crippen LogP contribution in [0.15, 0.2) is 12.1 Å². The van der Waals surface area contributed by atoms with E-state index in [-0.39, 0.29) is 10.6 Å². The van der Waals surface area contributed by atoms with Crippen LogP contribution in [0.5, 0.6) is 0 Å². The minimum Gasteiger partial charge on any atom is -0.330 e. The fourth-order valence-electron chi connectivity index (χ4n) is 1.81. The average Bonchev–Trinajstić information content (AvgIpc) is 2.56. The van der Waals surface area contributed by atoms with Crippen molar-refractivity contribution in [3.63, 3.8) is 0 Å². The third-order valence-electron chi connectivity index (χ3n) is 2.60. The largest absolute Gasteiger partial charge is 0.330 e. The number of Topliss-reactive ketones (excluding diaryl/α,β-unsaturated/α-hetero) is 1. The molecule has 0 bridgehead atoms. The van der Waals surface area contributed by atoms with Gasteiger partial charge in [0.05, 0.1) is 21.3 Å². The lowest BCUT2D eigenvalue weighted by Crippen LogP contribution is -2.31. The van der Waals surface area contributed by atoms with Gasteiger partial charge in [-0.25, -0.2) is 0 Å². The second-order valence-electron chi connectivity index (χ2n) is 3.68. The monoisotopic (exact) mass is 272 g/mol. The predicted octanol–water partition coefficient (Wildman–Crippen LogP) is 1.87. The number of anilines is 1. The van der Waals surface area contributed by atoms with Crippen LogP contribution in [0.1, 0.15) is 16.8 Å². The van der Waals surface area contributed by atoms with Crippen LogP contribution >= 0.6 is 23.2 Å². The van der Waals surface area contributed by atoms with Crippen molar-refractivity contribution < 1.29 is 9.59 Å². The Morgan fingerprint density at radius 3 is 2.47 bits per heavy atom. The lowest BCUT2D eigenvalue weighted by Gasteiger charge is -2.17. The summed E-state index contributed by atoms with van der Waals surface area (Å²) in [5.74, 6) is -1.20. The van der Waals surface area contributed by atoms with Crippen LogP contribution in [0.3, 0.4) is 0 Å². The van der Waals surface area contributed by atoms with Crippen LogP contribution in [-0.2, 0) is 4.79 Å². The van der Waals surface area contributed by atoms with E-state index in [0.717, 1.165) is 0 Å². The topological polar surface area (TPSA) is 63.4 Å². The van der Waals surface area contributed by atoms with Gasteiger partial charge in [0.1, 0.15) is 0 Å². The van der Waals surface area contributed by atoms with Crippen molar-refractivity contribution >= 4 is 40.6 Å². The van der Waals surface area contributed by atoms with Gasteiger partial charge >= 0.3 is 0 Å². The van der Waals surface area contributed by atoms with Gasteiger partial charge in [-0.1, -0.05) is 23.2 Å². The molecule has 1 aliphatic heterocycles. The number of nitrogens with zero attached hydrogens (tertiary/aromatic N) is 1. The summed E-state index contributed by atoms with van der Waals surface area (Å²) in [7, 11) is 0. The van der Waals surface area contributed by atoms with Crippen molar-refractivity contribution in [2.45, 2.75) is 6.42 Å². The Bertz CT molecular complexity index is 502. The maximum absolute atomic E-state index is 11.8. The number of amides is 1. The first-order valence-corrected chi connectivity index (χ1v) is 5.87. The minimum atomic E-state index is -0.607.